The van der Waals surface area contributed by atoms with Gasteiger partial charge in [0.1, 0.15) is 6.04 Å². The Kier molecular flexibility index (Phi) is 9.53. The number of nitrogens with zero attached hydrogens (tertiary/aromatic N) is 2. The van der Waals surface area contributed by atoms with Gasteiger partial charge in [0.2, 0.25) is 5.91 Å². The first kappa shape index (κ1) is 23.1. The smallest absolute Gasteiger partial charge is 0.328 e. The monoisotopic (exact) mass is 416 g/mol. The van der Waals surface area contributed by atoms with Crippen LogP contribution in [0, 0.1) is 0 Å². The van der Waals surface area contributed by atoms with Crippen LogP contribution >= 0.6 is 0 Å². The van der Waals surface area contributed by atoms with E-state index in [4.69, 9.17) is 9.84 Å². The number of carboxylic acid groups (broad SMARTS) is 1. The summed E-state index contributed by atoms with van der Waals surface area (Å²) in [6, 6.07) is 9.14. The Morgan fingerprint density at radius 1 is 1.20 bits per heavy atom. The van der Waals surface area contributed by atoms with Crippen molar-refractivity contribution < 1.29 is 24.2 Å². The molecule has 0 aliphatic rings. The van der Waals surface area contributed by atoms with Gasteiger partial charge in [-0.15, -0.1) is 0 Å². The molecule has 3 N–H and O–H groups in total. The van der Waals surface area contributed by atoms with Crippen LogP contribution in [0.1, 0.15) is 24.1 Å². The molecule has 0 bridgehead atoms. The second kappa shape index (κ2) is 12.4. The predicted octanol–water partition coefficient (Wildman–Crippen LogP) is 1.02. The van der Waals surface area contributed by atoms with Crippen molar-refractivity contribution in [3.8, 4) is 0 Å². The lowest BCUT2D eigenvalue weighted by atomic mass is 10.1. The van der Waals surface area contributed by atoms with Gasteiger partial charge < -0.3 is 20.1 Å². The van der Waals surface area contributed by atoms with Crippen LogP contribution in [0.2, 0.25) is 0 Å². The average Bonchev–Trinajstić information content (AvgIpc) is 3.23. The molecular weight excluding hydrogens is 388 g/mol. The Hall–Kier alpha value is -3.20. The highest BCUT2D eigenvalue weighted by Gasteiger charge is 2.24. The molecule has 0 unspecified atom stereocenters. The number of aryl methyl sites for hydroxylation is 1. The minimum absolute atomic E-state index is 0.119. The summed E-state index contributed by atoms with van der Waals surface area (Å²) in [7, 11) is 1.25. The maximum atomic E-state index is 12.5. The molecule has 0 fully saturated rings. The van der Waals surface area contributed by atoms with Gasteiger partial charge in [-0.3, -0.25) is 14.5 Å². The number of benzene rings is 1. The SMILES string of the molecule is COC(=O)[C@H](Cc1c[nH]cn1)NC(=O)CN(CCCCc1ccccc1)CC(=O)O. The number of aromatic amines is 1. The standard InChI is InChI=1S/C21H28N4O5/c1-30-21(29)18(11-17-12-22-15-23-17)24-19(26)13-25(14-20(27)28)10-6-5-9-16-7-3-2-4-8-16/h2-4,7-8,12,15,18H,5-6,9-11,13-14H2,1H3,(H,22,23)(H,24,26)(H,27,28)/t18-/m0/s1. The predicted molar refractivity (Wildman–Crippen MR) is 110 cm³/mol. The van der Waals surface area contributed by atoms with Crippen LogP contribution in [-0.2, 0) is 32.0 Å². The molecule has 1 atom stereocenters. The molecule has 9 heteroatoms. The highest BCUT2D eigenvalue weighted by Crippen LogP contribution is 2.06. The van der Waals surface area contributed by atoms with E-state index in [0.717, 1.165) is 19.3 Å². The van der Waals surface area contributed by atoms with Crippen LogP contribution in [0.5, 0.6) is 0 Å². The summed E-state index contributed by atoms with van der Waals surface area (Å²) in [4.78, 5) is 44.0. The largest absolute Gasteiger partial charge is 0.480 e. The molecule has 1 aromatic heterocycles. The van der Waals surface area contributed by atoms with Crippen molar-refractivity contribution in [2.75, 3.05) is 26.7 Å². The van der Waals surface area contributed by atoms with Gasteiger partial charge in [-0.1, -0.05) is 30.3 Å². The highest BCUT2D eigenvalue weighted by molar-refractivity contribution is 5.86. The first-order valence-corrected chi connectivity index (χ1v) is 9.81. The molecule has 2 rings (SSSR count). The zero-order valence-electron chi connectivity index (χ0n) is 17.0. The van der Waals surface area contributed by atoms with Gasteiger partial charge in [-0.2, -0.15) is 0 Å². The molecule has 0 aliphatic carbocycles. The molecule has 1 heterocycles. The van der Waals surface area contributed by atoms with Crippen molar-refractivity contribution in [2.45, 2.75) is 31.7 Å². The van der Waals surface area contributed by atoms with Crippen molar-refractivity contribution in [3.63, 3.8) is 0 Å². The molecule has 30 heavy (non-hydrogen) atoms. The molecule has 9 nitrogen and oxygen atoms in total. The Labute approximate surface area is 175 Å². The number of rotatable bonds is 13. The molecule has 1 aromatic carbocycles. The fourth-order valence-electron chi connectivity index (χ4n) is 3.10. The first-order valence-electron chi connectivity index (χ1n) is 9.81. The number of hydrogen-bond acceptors (Lipinski definition) is 6. The van der Waals surface area contributed by atoms with E-state index in [1.54, 1.807) is 11.1 Å². The summed E-state index contributed by atoms with van der Waals surface area (Å²) in [6.45, 7) is 0.0987. The van der Waals surface area contributed by atoms with Gasteiger partial charge in [0.05, 0.1) is 32.2 Å². The number of esters is 1. The summed E-state index contributed by atoms with van der Waals surface area (Å²) in [5, 5.41) is 11.8. The number of nitrogens with one attached hydrogen (secondary N) is 2. The summed E-state index contributed by atoms with van der Waals surface area (Å²) in [6.07, 6.45) is 5.82. The zero-order chi connectivity index (χ0) is 21.8. The normalized spacial score (nSPS) is 11.8. The van der Waals surface area contributed by atoms with Crippen LogP contribution in [0.3, 0.4) is 0 Å². The van der Waals surface area contributed by atoms with Crippen LogP contribution in [-0.4, -0.2) is 70.6 Å². The van der Waals surface area contributed by atoms with Gasteiger partial charge in [-0.25, -0.2) is 9.78 Å². The number of imidazole rings is 1. The molecule has 0 saturated heterocycles. The third-order valence-corrected chi connectivity index (χ3v) is 4.55. The molecule has 0 saturated carbocycles. The number of methoxy groups -OCH3 is 1. The van der Waals surface area contributed by atoms with E-state index in [2.05, 4.69) is 27.4 Å². The minimum atomic E-state index is -1.01. The first-order chi connectivity index (χ1) is 14.5. The van der Waals surface area contributed by atoms with Crippen LogP contribution in [0.4, 0.5) is 0 Å². The number of carboxylic acids is 1. The number of carbonyl (C=O) groups is 3. The topological polar surface area (TPSA) is 125 Å². The maximum Gasteiger partial charge on any atom is 0.328 e. The minimum Gasteiger partial charge on any atom is -0.480 e. The van der Waals surface area contributed by atoms with Crippen molar-refractivity contribution >= 4 is 17.8 Å². The van der Waals surface area contributed by atoms with Gasteiger partial charge in [0.25, 0.3) is 0 Å². The van der Waals surface area contributed by atoms with E-state index < -0.39 is 23.9 Å². The molecule has 2 aromatic rings. The molecule has 0 spiro atoms. The third-order valence-electron chi connectivity index (χ3n) is 4.55. The van der Waals surface area contributed by atoms with E-state index in [1.807, 2.05) is 18.2 Å². The summed E-state index contributed by atoms with van der Waals surface area (Å²) in [5.41, 5.74) is 1.83. The molecule has 0 radical (unpaired) electrons. The van der Waals surface area contributed by atoms with Gasteiger partial charge in [-0.05, 0) is 31.4 Å². The summed E-state index contributed by atoms with van der Waals surface area (Å²) >= 11 is 0. The fraction of sp³-hybridized carbons (Fsp3) is 0.429. The van der Waals surface area contributed by atoms with Crippen LogP contribution in [0.15, 0.2) is 42.9 Å². The number of hydrogen-bond donors (Lipinski definition) is 3. The second-order valence-electron chi connectivity index (χ2n) is 6.96. The lowest BCUT2D eigenvalue weighted by Gasteiger charge is -2.22. The number of aromatic nitrogens is 2. The number of ether oxygens (including phenoxy) is 1. The molecule has 1 amide bonds. The zero-order valence-corrected chi connectivity index (χ0v) is 17.0. The van der Waals surface area contributed by atoms with E-state index in [1.165, 1.54) is 19.0 Å². The van der Waals surface area contributed by atoms with E-state index in [9.17, 15) is 14.4 Å². The lowest BCUT2D eigenvalue weighted by molar-refractivity contribution is -0.145. The van der Waals surface area contributed by atoms with E-state index in [-0.39, 0.29) is 19.5 Å². The Balaban J connectivity index is 1.85. The quantitative estimate of drug-likeness (QED) is 0.329. The lowest BCUT2D eigenvalue weighted by Crippen LogP contribution is -2.48. The average molecular weight is 416 g/mol. The fourth-order valence-corrected chi connectivity index (χ4v) is 3.10. The number of H-pyrrole nitrogens is 1. The summed E-state index contributed by atoms with van der Waals surface area (Å²) in [5.74, 6) is -2.03. The van der Waals surface area contributed by atoms with Crippen molar-refractivity contribution in [2.24, 2.45) is 0 Å². The highest BCUT2D eigenvalue weighted by atomic mass is 16.5. The molecule has 162 valence electrons. The molecular formula is C21H28N4O5. The Morgan fingerprint density at radius 2 is 1.97 bits per heavy atom. The number of unbranched alkanes of at least 4 members (excludes halogenated alkanes) is 1. The number of carbonyl (C=O) groups excluding carboxylic acids is 2. The van der Waals surface area contributed by atoms with Gasteiger partial charge in [0, 0.05) is 12.6 Å². The second-order valence-corrected chi connectivity index (χ2v) is 6.96. The van der Waals surface area contributed by atoms with Gasteiger partial charge in [0.15, 0.2) is 0 Å². The van der Waals surface area contributed by atoms with E-state index in [0.29, 0.717) is 12.2 Å². The number of amides is 1. The van der Waals surface area contributed by atoms with Crippen LogP contribution in [0.25, 0.3) is 0 Å². The summed E-state index contributed by atoms with van der Waals surface area (Å²) < 4.78 is 4.75. The third kappa shape index (κ3) is 8.44. The Bertz CT molecular complexity index is 795. The van der Waals surface area contributed by atoms with Gasteiger partial charge >= 0.3 is 11.9 Å². The van der Waals surface area contributed by atoms with Crippen molar-refractivity contribution in [1.29, 1.82) is 0 Å². The molecule has 0 aliphatic heterocycles. The van der Waals surface area contributed by atoms with Crippen molar-refractivity contribution in [1.82, 2.24) is 20.2 Å². The van der Waals surface area contributed by atoms with Crippen molar-refractivity contribution in [3.05, 3.63) is 54.1 Å². The maximum absolute atomic E-state index is 12.5. The van der Waals surface area contributed by atoms with E-state index >= 15 is 0 Å². The Morgan fingerprint density at radius 3 is 2.60 bits per heavy atom. The van der Waals surface area contributed by atoms with Crippen LogP contribution < -0.4 is 5.32 Å². The number of aliphatic carboxylic acids is 1.